The Morgan fingerprint density at radius 2 is 1.68 bits per heavy atom. The zero-order chi connectivity index (χ0) is 23.1. The van der Waals surface area contributed by atoms with Crippen molar-refractivity contribution in [3.8, 4) is 17.1 Å². The van der Waals surface area contributed by atoms with Crippen molar-refractivity contribution in [3.63, 3.8) is 0 Å². The van der Waals surface area contributed by atoms with E-state index >= 15 is 0 Å². The molecule has 1 saturated carbocycles. The van der Waals surface area contributed by atoms with Crippen LogP contribution >= 0.6 is 12.2 Å². The van der Waals surface area contributed by atoms with Crippen LogP contribution in [0.1, 0.15) is 18.9 Å². The van der Waals surface area contributed by atoms with Gasteiger partial charge in [-0.25, -0.2) is 9.07 Å². The maximum atomic E-state index is 14.5. The molecule has 0 radical (unpaired) electrons. The molecule has 0 amide bonds. The highest BCUT2D eigenvalue weighted by atomic mass is 32.1. The largest absolute Gasteiger partial charge is 0.337 e. The first-order valence-electron chi connectivity index (χ1n) is 11.4. The van der Waals surface area contributed by atoms with Crippen molar-refractivity contribution < 1.29 is 4.39 Å². The molecule has 0 N–H and O–H groups in total. The highest BCUT2D eigenvalue weighted by Crippen LogP contribution is 2.39. The lowest BCUT2D eigenvalue weighted by atomic mass is 10.2. The molecule has 1 aliphatic heterocycles. The number of anilines is 1. The van der Waals surface area contributed by atoms with Gasteiger partial charge in [0.2, 0.25) is 5.95 Å². The zero-order valence-corrected chi connectivity index (χ0v) is 19.4. The molecule has 2 aromatic carbocycles. The summed E-state index contributed by atoms with van der Waals surface area (Å²) in [7, 11) is 0. The Morgan fingerprint density at radius 1 is 0.941 bits per heavy atom. The summed E-state index contributed by atoms with van der Waals surface area (Å²) < 4.78 is 20.8. The van der Waals surface area contributed by atoms with Gasteiger partial charge in [0.15, 0.2) is 10.6 Å². The van der Waals surface area contributed by atoms with Gasteiger partial charge >= 0.3 is 0 Å². The van der Waals surface area contributed by atoms with Crippen LogP contribution in [0.15, 0.2) is 54.6 Å². The number of rotatable bonds is 6. The van der Waals surface area contributed by atoms with Gasteiger partial charge < -0.3 is 4.90 Å². The van der Waals surface area contributed by atoms with Gasteiger partial charge in [0, 0.05) is 32.2 Å². The van der Waals surface area contributed by atoms with E-state index in [0.717, 1.165) is 50.7 Å². The molecule has 6 rings (SSSR count). The van der Waals surface area contributed by atoms with Crippen LogP contribution < -0.4 is 4.90 Å². The van der Waals surface area contributed by atoms with Crippen LogP contribution in [-0.4, -0.2) is 65.6 Å². The average Bonchev–Trinajstić information content (AvgIpc) is 3.49. The molecule has 4 aromatic rings. The summed E-state index contributed by atoms with van der Waals surface area (Å²) in [5.74, 6) is 1.08. The minimum Gasteiger partial charge on any atom is -0.337 e. The van der Waals surface area contributed by atoms with Crippen molar-refractivity contribution in [1.29, 1.82) is 0 Å². The van der Waals surface area contributed by atoms with Gasteiger partial charge in [-0.05, 0) is 59.8 Å². The molecular formula is C23H24FN9S. The average molecular weight is 478 g/mol. The lowest BCUT2D eigenvalue weighted by Crippen LogP contribution is -2.47. The van der Waals surface area contributed by atoms with E-state index in [1.54, 1.807) is 16.8 Å². The minimum absolute atomic E-state index is 0.277. The second kappa shape index (κ2) is 8.73. The van der Waals surface area contributed by atoms with E-state index in [2.05, 4.69) is 25.3 Å². The van der Waals surface area contributed by atoms with Crippen LogP contribution in [0.3, 0.4) is 0 Å². The van der Waals surface area contributed by atoms with Crippen LogP contribution in [0, 0.1) is 10.6 Å². The summed E-state index contributed by atoms with van der Waals surface area (Å²) in [6, 6.07) is 17.0. The van der Waals surface area contributed by atoms with E-state index < -0.39 is 0 Å². The van der Waals surface area contributed by atoms with Crippen molar-refractivity contribution in [1.82, 2.24) is 39.5 Å². The summed E-state index contributed by atoms with van der Waals surface area (Å²) >= 11 is 5.77. The Labute approximate surface area is 201 Å². The molecule has 2 aliphatic rings. The quantitative estimate of drug-likeness (QED) is 0.395. The molecule has 2 fully saturated rings. The summed E-state index contributed by atoms with van der Waals surface area (Å²) in [4.78, 5) is 4.49. The topological polar surface area (TPSA) is 72.8 Å². The third kappa shape index (κ3) is 3.90. The second-order valence-electron chi connectivity index (χ2n) is 8.66. The van der Waals surface area contributed by atoms with E-state index in [-0.39, 0.29) is 5.82 Å². The molecule has 174 valence electrons. The lowest BCUT2D eigenvalue weighted by Gasteiger charge is -2.34. The van der Waals surface area contributed by atoms with Crippen molar-refractivity contribution >= 4 is 18.2 Å². The van der Waals surface area contributed by atoms with Crippen LogP contribution in [0.4, 0.5) is 10.3 Å². The number of para-hydroxylation sites is 1. The first-order valence-corrected chi connectivity index (χ1v) is 11.9. The Balaban J connectivity index is 1.19. The summed E-state index contributed by atoms with van der Waals surface area (Å²) in [6.07, 6.45) is 2.10. The maximum Gasteiger partial charge on any atom is 0.250 e. The van der Waals surface area contributed by atoms with Crippen molar-refractivity contribution in [2.24, 2.45) is 0 Å². The van der Waals surface area contributed by atoms with Crippen molar-refractivity contribution in [2.75, 3.05) is 31.1 Å². The predicted molar refractivity (Wildman–Crippen MR) is 128 cm³/mol. The van der Waals surface area contributed by atoms with E-state index in [1.807, 2.05) is 45.6 Å². The van der Waals surface area contributed by atoms with Crippen LogP contribution in [0.2, 0.25) is 0 Å². The van der Waals surface area contributed by atoms with Gasteiger partial charge in [-0.1, -0.05) is 35.4 Å². The van der Waals surface area contributed by atoms with Gasteiger partial charge in [0.25, 0.3) is 0 Å². The standard InChI is InChI=1S/C23H24FN9S/c24-20-9-5-4-8-19(20)21-26-31(23(34)32(21)17-10-11-17)16-29-12-14-30(15-13-29)22-25-27-28-33(22)18-6-2-1-3-7-18/h1-9,17H,10-16H2. The molecule has 0 spiro atoms. The number of benzene rings is 2. The van der Waals surface area contributed by atoms with E-state index in [9.17, 15) is 4.39 Å². The number of tetrazole rings is 1. The number of piperazine rings is 1. The molecule has 9 nitrogen and oxygen atoms in total. The SMILES string of the molecule is Fc1ccccc1-c1nn(CN2CCN(c3nnnn3-c3ccccc3)CC2)c(=S)n1C1CC1. The van der Waals surface area contributed by atoms with E-state index in [1.165, 1.54) is 6.07 Å². The summed E-state index contributed by atoms with van der Waals surface area (Å²) in [5.41, 5.74) is 1.43. The van der Waals surface area contributed by atoms with Gasteiger partial charge in [-0.3, -0.25) is 9.47 Å². The van der Waals surface area contributed by atoms with Crippen molar-refractivity contribution in [3.05, 3.63) is 65.2 Å². The third-order valence-corrected chi connectivity index (χ3v) is 6.75. The molecule has 2 aromatic heterocycles. The van der Waals surface area contributed by atoms with Gasteiger partial charge in [-0.2, -0.15) is 9.78 Å². The van der Waals surface area contributed by atoms with E-state index in [0.29, 0.717) is 28.9 Å². The fourth-order valence-electron chi connectivity index (χ4n) is 4.40. The van der Waals surface area contributed by atoms with Gasteiger partial charge in [-0.15, -0.1) is 0 Å². The van der Waals surface area contributed by atoms with Crippen LogP contribution in [0.25, 0.3) is 17.1 Å². The summed E-state index contributed by atoms with van der Waals surface area (Å²) in [5, 5.41) is 17.1. The number of hydrogen-bond acceptors (Lipinski definition) is 7. The second-order valence-corrected chi connectivity index (χ2v) is 9.02. The molecule has 1 aliphatic carbocycles. The fraction of sp³-hybridized carbons (Fsp3) is 0.348. The Kier molecular flexibility index (Phi) is 5.42. The minimum atomic E-state index is -0.277. The summed E-state index contributed by atoms with van der Waals surface area (Å²) in [6.45, 7) is 3.76. The van der Waals surface area contributed by atoms with Crippen LogP contribution in [0.5, 0.6) is 0 Å². The zero-order valence-electron chi connectivity index (χ0n) is 18.5. The smallest absolute Gasteiger partial charge is 0.250 e. The number of halogens is 1. The normalized spacial score (nSPS) is 16.8. The molecular weight excluding hydrogens is 453 g/mol. The molecule has 11 heteroatoms. The van der Waals surface area contributed by atoms with Gasteiger partial charge in [0.05, 0.1) is 17.9 Å². The molecule has 0 atom stereocenters. The van der Waals surface area contributed by atoms with Gasteiger partial charge in [0.1, 0.15) is 5.82 Å². The Bertz CT molecular complexity index is 1350. The lowest BCUT2D eigenvalue weighted by molar-refractivity contribution is 0.193. The highest BCUT2D eigenvalue weighted by molar-refractivity contribution is 7.71. The molecule has 0 bridgehead atoms. The monoisotopic (exact) mass is 477 g/mol. The number of nitrogens with zero attached hydrogens (tertiary/aromatic N) is 9. The fourth-order valence-corrected chi connectivity index (χ4v) is 4.73. The first-order chi connectivity index (χ1) is 16.7. The Morgan fingerprint density at radius 3 is 2.41 bits per heavy atom. The van der Waals surface area contributed by atoms with Crippen molar-refractivity contribution in [2.45, 2.75) is 25.6 Å². The molecule has 34 heavy (non-hydrogen) atoms. The maximum absolute atomic E-state index is 14.5. The van der Waals surface area contributed by atoms with E-state index in [4.69, 9.17) is 17.3 Å². The Hall–Kier alpha value is -3.44. The number of hydrogen-bond donors (Lipinski definition) is 0. The van der Waals surface area contributed by atoms with Crippen LogP contribution in [-0.2, 0) is 6.67 Å². The first kappa shape index (κ1) is 21.1. The predicted octanol–water partition coefficient (Wildman–Crippen LogP) is 3.31. The highest BCUT2D eigenvalue weighted by Gasteiger charge is 2.30. The number of aromatic nitrogens is 7. The molecule has 3 heterocycles. The molecule has 1 saturated heterocycles. The third-order valence-electron chi connectivity index (χ3n) is 6.34. The molecule has 0 unspecified atom stereocenters.